The zero-order chi connectivity index (χ0) is 9.47. The number of hydrogen-bond donors (Lipinski definition) is 0. The Morgan fingerprint density at radius 3 is 2.77 bits per heavy atom. The quantitative estimate of drug-likeness (QED) is 0.712. The molecule has 13 heavy (non-hydrogen) atoms. The van der Waals surface area contributed by atoms with Crippen LogP contribution in [0.1, 0.15) is 0 Å². The van der Waals surface area contributed by atoms with E-state index in [0.29, 0.717) is 5.88 Å². The van der Waals surface area contributed by atoms with Crippen molar-refractivity contribution in [3.05, 3.63) is 24.3 Å². The second kappa shape index (κ2) is 2.92. The van der Waals surface area contributed by atoms with Crippen molar-refractivity contribution in [2.24, 2.45) is 0 Å². The van der Waals surface area contributed by atoms with Crippen LogP contribution in [-0.4, -0.2) is 20.6 Å². The molecule has 1 aliphatic rings. The van der Waals surface area contributed by atoms with E-state index in [1.54, 1.807) is 11.8 Å². The Labute approximate surface area is 81.8 Å². The molecular weight excluding hydrogens is 206 g/mol. The molecule has 0 saturated heterocycles. The topological polar surface area (TPSA) is 37.4 Å². The van der Waals surface area contributed by atoms with Gasteiger partial charge in [0.05, 0.1) is 17.8 Å². The summed E-state index contributed by atoms with van der Waals surface area (Å²) in [5, 5.41) is 0. The summed E-state index contributed by atoms with van der Waals surface area (Å²) in [6.07, 6.45) is 1.23. The highest BCUT2D eigenvalue weighted by Gasteiger charge is 2.25. The number of sulfonamides is 1. The maximum Gasteiger partial charge on any atom is 0.233 e. The summed E-state index contributed by atoms with van der Waals surface area (Å²) < 4.78 is 24.0. The molecule has 0 radical (unpaired) electrons. The molecule has 0 spiro atoms. The van der Waals surface area contributed by atoms with Crippen molar-refractivity contribution in [3.63, 3.8) is 0 Å². The fourth-order valence-corrected chi connectivity index (χ4v) is 3.65. The number of nitrogens with zero attached hydrogens (tertiary/aromatic N) is 1. The van der Waals surface area contributed by atoms with Gasteiger partial charge in [-0.25, -0.2) is 8.42 Å². The second-order valence-corrected chi connectivity index (χ2v) is 5.75. The smallest absolute Gasteiger partial charge is 0.233 e. The van der Waals surface area contributed by atoms with Gasteiger partial charge in [-0.2, -0.15) is 0 Å². The lowest BCUT2D eigenvalue weighted by molar-refractivity contribution is 0.600. The van der Waals surface area contributed by atoms with Gasteiger partial charge in [-0.15, -0.1) is 11.8 Å². The zero-order valence-corrected chi connectivity index (χ0v) is 8.73. The Bertz CT molecular complexity index is 428. The van der Waals surface area contributed by atoms with E-state index in [4.69, 9.17) is 0 Å². The Morgan fingerprint density at radius 2 is 2.08 bits per heavy atom. The highest BCUT2D eigenvalue weighted by molar-refractivity contribution is 8.02. The normalized spacial score (nSPS) is 15.9. The van der Waals surface area contributed by atoms with Crippen LogP contribution < -0.4 is 4.31 Å². The first-order valence-electron chi connectivity index (χ1n) is 3.78. The van der Waals surface area contributed by atoms with Crippen LogP contribution in [0, 0.1) is 0 Å². The third-order valence-electron chi connectivity index (χ3n) is 1.87. The minimum absolute atomic E-state index is 0.498. The van der Waals surface area contributed by atoms with Gasteiger partial charge in [0.2, 0.25) is 10.0 Å². The van der Waals surface area contributed by atoms with E-state index >= 15 is 0 Å². The second-order valence-electron chi connectivity index (χ2n) is 2.85. The first-order valence-corrected chi connectivity index (χ1v) is 6.62. The number of benzene rings is 1. The molecule has 0 aromatic heterocycles. The number of rotatable bonds is 1. The fraction of sp³-hybridized carbons (Fsp3) is 0.250. The third kappa shape index (κ3) is 1.53. The predicted octanol–water partition coefficient (Wildman–Crippen LogP) is 1.52. The van der Waals surface area contributed by atoms with Gasteiger partial charge in [-0.05, 0) is 12.1 Å². The van der Waals surface area contributed by atoms with Crippen molar-refractivity contribution < 1.29 is 8.42 Å². The van der Waals surface area contributed by atoms with E-state index in [2.05, 4.69) is 0 Å². The van der Waals surface area contributed by atoms with Crippen LogP contribution >= 0.6 is 11.8 Å². The largest absolute Gasteiger partial charge is 0.259 e. The van der Waals surface area contributed by atoms with Gasteiger partial charge in [0.15, 0.2) is 0 Å². The number of fused-ring (bicyclic) bond motifs is 1. The SMILES string of the molecule is CS(=O)(=O)N1CSc2ccccc21. The molecule has 70 valence electrons. The van der Waals surface area contributed by atoms with Crippen molar-refractivity contribution >= 4 is 27.5 Å². The number of anilines is 1. The maximum atomic E-state index is 11.3. The zero-order valence-electron chi connectivity index (χ0n) is 7.10. The van der Waals surface area contributed by atoms with Gasteiger partial charge in [0.1, 0.15) is 0 Å². The Balaban J connectivity index is 2.51. The Kier molecular flexibility index (Phi) is 2.00. The molecule has 0 atom stereocenters. The molecule has 0 fully saturated rings. The van der Waals surface area contributed by atoms with E-state index < -0.39 is 10.0 Å². The van der Waals surface area contributed by atoms with Crippen LogP contribution in [0.15, 0.2) is 29.2 Å². The highest BCUT2D eigenvalue weighted by atomic mass is 32.2. The average Bonchev–Trinajstić information content (AvgIpc) is 2.45. The summed E-state index contributed by atoms with van der Waals surface area (Å²) in [5.74, 6) is 0.498. The van der Waals surface area contributed by atoms with Gasteiger partial charge >= 0.3 is 0 Å². The molecule has 0 bridgehead atoms. The summed E-state index contributed by atoms with van der Waals surface area (Å²) in [6.45, 7) is 0. The molecule has 0 N–H and O–H groups in total. The predicted molar refractivity (Wildman–Crippen MR) is 54.5 cm³/mol. The molecule has 5 heteroatoms. The molecule has 0 amide bonds. The van der Waals surface area contributed by atoms with E-state index in [1.807, 2.05) is 24.3 Å². The van der Waals surface area contributed by atoms with E-state index in [0.717, 1.165) is 10.6 Å². The third-order valence-corrected chi connectivity index (χ3v) is 4.21. The summed E-state index contributed by atoms with van der Waals surface area (Å²) in [7, 11) is -3.10. The van der Waals surface area contributed by atoms with Gasteiger partial charge < -0.3 is 0 Å². The van der Waals surface area contributed by atoms with Gasteiger partial charge in [0.25, 0.3) is 0 Å². The number of para-hydroxylation sites is 1. The summed E-state index contributed by atoms with van der Waals surface area (Å²) >= 11 is 1.55. The van der Waals surface area contributed by atoms with E-state index in [1.165, 1.54) is 10.6 Å². The highest BCUT2D eigenvalue weighted by Crippen LogP contribution is 2.39. The standard InChI is InChI=1S/C8H9NO2S2/c1-13(10,11)9-6-12-8-5-3-2-4-7(8)9/h2-5H,6H2,1H3. The molecule has 0 aliphatic carbocycles. The minimum atomic E-state index is -3.10. The van der Waals surface area contributed by atoms with E-state index in [9.17, 15) is 8.42 Å². The molecule has 0 saturated carbocycles. The van der Waals surface area contributed by atoms with Gasteiger partial charge in [-0.1, -0.05) is 12.1 Å². The van der Waals surface area contributed by atoms with Crippen LogP contribution in [-0.2, 0) is 10.0 Å². The maximum absolute atomic E-state index is 11.3. The number of hydrogen-bond acceptors (Lipinski definition) is 3. The lowest BCUT2D eigenvalue weighted by Gasteiger charge is -2.14. The van der Waals surface area contributed by atoms with Crippen molar-refractivity contribution in [1.29, 1.82) is 0 Å². The van der Waals surface area contributed by atoms with Crippen molar-refractivity contribution in [2.45, 2.75) is 4.90 Å². The Hall–Kier alpha value is -0.680. The molecule has 1 aliphatic heterocycles. The summed E-state index contributed by atoms with van der Waals surface area (Å²) in [4.78, 5) is 1.04. The molecule has 1 heterocycles. The minimum Gasteiger partial charge on any atom is -0.259 e. The molecular formula is C8H9NO2S2. The Morgan fingerprint density at radius 1 is 1.38 bits per heavy atom. The summed E-state index contributed by atoms with van der Waals surface area (Å²) in [5.41, 5.74) is 0.801. The number of thioether (sulfide) groups is 1. The average molecular weight is 215 g/mol. The van der Waals surface area contributed by atoms with Crippen LogP contribution in [0.4, 0.5) is 5.69 Å². The first kappa shape index (κ1) is 8.90. The van der Waals surface area contributed by atoms with Crippen LogP contribution in [0.3, 0.4) is 0 Å². The van der Waals surface area contributed by atoms with Gasteiger partial charge in [-0.3, -0.25) is 4.31 Å². The molecule has 1 aromatic carbocycles. The molecule has 0 unspecified atom stereocenters. The lowest BCUT2D eigenvalue weighted by Crippen LogP contribution is -2.26. The molecule has 3 nitrogen and oxygen atoms in total. The van der Waals surface area contributed by atoms with Crippen molar-refractivity contribution in [2.75, 3.05) is 16.4 Å². The fourth-order valence-electron chi connectivity index (χ4n) is 1.26. The summed E-state index contributed by atoms with van der Waals surface area (Å²) in [6, 6.07) is 7.53. The monoisotopic (exact) mass is 215 g/mol. The van der Waals surface area contributed by atoms with Crippen LogP contribution in [0.25, 0.3) is 0 Å². The molecule has 1 aromatic rings. The van der Waals surface area contributed by atoms with E-state index in [-0.39, 0.29) is 0 Å². The lowest BCUT2D eigenvalue weighted by atomic mass is 10.3. The van der Waals surface area contributed by atoms with Gasteiger partial charge in [0, 0.05) is 4.90 Å². The van der Waals surface area contributed by atoms with Crippen LogP contribution in [0.2, 0.25) is 0 Å². The molecule has 2 rings (SSSR count). The van der Waals surface area contributed by atoms with Crippen LogP contribution in [0.5, 0.6) is 0 Å². The van der Waals surface area contributed by atoms with Crippen molar-refractivity contribution in [1.82, 2.24) is 0 Å². The van der Waals surface area contributed by atoms with Crippen molar-refractivity contribution in [3.8, 4) is 0 Å². The first-order chi connectivity index (χ1) is 6.09.